The van der Waals surface area contributed by atoms with Gasteiger partial charge in [-0.1, -0.05) is 18.2 Å². The van der Waals surface area contributed by atoms with Crippen LogP contribution >= 0.6 is 11.8 Å². The van der Waals surface area contributed by atoms with E-state index in [0.717, 1.165) is 6.07 Å². The lowest BCUT2D eigenvalue weighted by atomic mass is 10.2. The number of aromatic amines is 1. The molecule has 0 amide bonds. The van der Waals surface area contributed by atoms with Crippen LogP contribution in [0.15, 0.2) is 41.4 Å². The van der Waals surface area contributed by atoms with E-state index in [9.17, 15) is 26.3 Å². The molecule has 0 unspecified atom stereocenters. The van der Waals surface area contributed by atoms with Crippen molar-refractivity contribution in [1.82, 2.24) is 15.0 Å². The minimum Gasteiger partial charge on any atom is -0.337 e. The van der Waals surface area contributed by atoms with E-state index in [1.54, 1.807) is 18.2 Å². The van der Waals surface area contributed by atoms with Crippen molar-refractivity contribution >= 4 is 22.9 Å². The second-order valence-corrected chi connectivity index (χ2v) is 6.10. The molecule has 3 rings (SSSR count). The van der Waals surface area contributed by atoms with Crippen molar-refractivity contribution in [3.05, 3.63) is 42.1 Å². The molecule has 0 fully saturated rings. The van der Waals surface area contributed by atoms with E-state index >= 15 is 0 Å². The molecule has 2 heterocycles. The molecule has 3 aromatic rings. The summed E-state index contributed by atoms with van der Waals surface area (Å²) in [6, 6.07) is 7.08. The molecule has 0 spiro atoms. The smallest absolute Gasteiger partial charge is 0.337 e. The van der Waals surface area contributed by atoms with Crippen LogP contribution in [0.3, 0.4) is 0 Å². The number of hydrogen-bond donors (Lipinski definition) is 1. The Balaban J connectivity index is 1.99. The molecule has 0 aliphatic heterocycles. The Morgan fingerprint density at radius 2 is 1.76 bits per heavy atom. The molecule has 0 aliphatic rings. The van der Waals surface area contributed by atoms with Crippen LogP contribution in [0.25, 0.3) is 22.6 Å². The fourth-order valence-electron chi connectivity index (χ4n) is 2.13. The van der Waals surface area contributed by atoms with Crippen LogP contribution in [-0.4, -0.2) is 26.9 Å². The number of hydrogen-bond acceptors (Lipinski definition) is 3. The number of thioether (sulfide) groups is 1. The van der Waals surface area contributed by atoms with E-state index in [1.165, 1.54) is 6.07 Å². The maximum Gasteiger partial charge on any atom is 0.417 e. The molecule has 2 aromatic heterocycles. The maximum absolute atomic E-state index is 12.7. The SMILES string of the molecule is FC(F)(F)CSc1ccccc1-c1nc2ncc(C(F)(F)F)cc2[nH]1. The number of alkyl halides is 6. The average Bonchev–Trinajstić information content (AvgIpc) is 2.94. The molecule has 0 bridgehead atoms. The number of rotatable bonds is 3. The third kappa shape index (κ3) is 4.06. The minimum atomic E-state index is -4.55. The summed E-state index contributed by atoms with van der Waals surface area (Å²) in [6.07, 6.45) is -8.22. The van der Waals surface area contributed by atoms with Gasteiger partial charge in [-0.05, 0) is 12.1 Å². The molecule has 10 heteroatoms. The molecule has 0 radical (unpaired) electrons. The summed E-state index contributed by atoms with van der Waals surface area (Å²) in [5.41, 5.74) is -0.461. The number of aromatic nitrogens is 3. The fraction of sp³-hybridized carbons (Fsp3) is 0.200. The molecular weight excluding hydrogens is 368 g/mol. The summed E-state index contributed by atoms with van der Waals surface area (Å²) in [5.74, 6) is -0.923. The largest absolute Gasteiger partial charge is 0.417 e. The van der Waals surface area contributed by atoms with Crippen LogP contribution in [-0.2, 0) is 6.18 Å². The quantitative estimate of drug-likeness (QED) is 0.498. The van der Waals surface area contributed by atoms with E-state index in [0.29, 0.717) is 28.4 Å². The highest BCUT2D eigenvalue weighted by molar-refractivity contribution is 7.99. The lowest BCUT2D eigenvalue weighted by molar-refractivity contribution is -0.137. The van der Waals surface area contributed by atoms with E-state index in [-0.39, 0.29) is 17.0 Å². The first-order valence-corrected chi connectivity index (χ1v) is 7.84. The Labute approximate surface area is 141 Å². The lowest BCUT2D eigenvalue weighted by Crippen LogP contribution is -2.10. The minimum absolute atomic E-state index is 0.0543. The van der Waals surface area contributed by atoms with Crippen molar-refractivity contribution < 1.29 is 26.3 Å². The van der Waals surface area contributed by atoms with Crippen LogP contribution in [0, 0.1) is 0 Å². The van der Waals surface area contributed by atoms with Crippen LogP contribution < -0.4 is 0 Å². The first-order valence-electron chi connectivity index (χ1n) is 6.85. The number of H-pyrrole nitrogens is 1. The highest BCUT2D eigenvalue weighted by atomic mass is 32.2. The number of benzene rings is 1. The van der Waals surface area contributed by atoms with Gasteiger partial charge in [0.15, 0.2) is 5.65 Å². The molecule has 0 saturated carbocycles. The zero-order valence-electron chi connectivity index (χ0n) is 12.2. The van der Waals surface area contributed by atoms with Crippen LogP contribution in [0.4, 0.5) is 26.3 Å². The van der Waals surface area contributed by atoms with Gasteiger partial charge in [-0.15, -0.1) is 11.8 Å². The summed E-state index contributed by atoms with van der Waals surface area (Å²) in [4.78, 5) is 10.8. The predicted octanol–water partition coefficient (Wildman–Crippen LogP) is 5.30. The van der Waals surface area contributed by atoms with Gasteiger partial charge in [-0.25, -0.2) is 9.97 Å². The Morgan fingerprint density at radius 3 is 2.44 bits per heavy atom. The topological polar surface area (TPSA) is 41.6 Å². The first-order chi connectivity index (χ1) is 11.6. The van der Waals surface area contributed by atoms with Crippen molar-refractivity contribution in [2.24, 2.45) is 0 Å². The first kappa shape index (κ1) is 17.6. The number of nitrogens with zero attached hydrogens (tertiary/aromatic N) is 2. The maximum atomic E-state index is 12.7. The van der Waals surface area contributed by atoms with Gasteiger partial charge in [0.1, 0.15) is 5.82 Å². The average molecular weight is 377 g/mol. The normalized spacial score (nSPS) is 12.7. The molecule has 0 saturated heterocycles. The summed E-state index contributed by atoms with van der Waals surface area (Å²) in [5, 5.41) is 0. The lowest BCUT2D eigenvalue weighted by Gasteiger charge is -2.09. The van der Waals surface area contributed by atoms with Gasteiger partial charge >= 0.3 is 12.4 Å². The van der Waals surface area contributed by atoms with Crippen molar-refractivity contribution in [3.63, 3.8) is 0 Å². The summed E-state index contributed by atoms with van der Waals surface area (Å²) in [7, 11) is 0. The van der Waals surface area contributed by atoms with Gasteiger partial charge in [0.2, 0.25) is 0 Å². The monoisotopic (exact) mass is 377 g/mol. The molecule has 0 aliphatic carbocycles. The van der Waals surface area contributed by atoms with Crippen molar-refractivity contribution in [2.45, 2.75) is 17.2 Å². The van der Waals surface area contributed by atoms with Crippen molar-refractivity contribution in [3.8, 4) is 11.4 Å². The summed E-state index contributed by atoms with van der Waals surface area (Å²) >= 11 is 0.581. The van der Waals surface area contributed by atoms with Gasteiger partial charge < -0.3 is 4.98 Å². The van der Waals surface area contributed by atoms with Gasteiger partial charge in [0.25, 0.3) is 0 Å². The Kier molecular flexibility index (Phi) is 4.40. The standard InChI is InChI=1S/C15H9F6N3S/c16-14(17,18)7-25-11-4-2-1-3-9(11)12-23-10-5-8(15(19,20)21)6-22-13(10)24-12/h1-6H,7H2,(H,22,23,24). The molecule has 1 aromatic carbocycles. The predicted molar refractivity (Wildman–Crippen MR) is 81.1 cm³/mol. The Hall–Kier alpha value is -2.23. The Bertz CT molecular complexity index is 900. The summed E-state index contributed by atoms with van der Waals surface area (Å²) < 4.78 is 75.5. The molecule has 3 nitrogen and oxygen atoms in total. The second-order valence-electron chi connectivity index (χ2n) is 5.08. The van der Waals surface area contributed by atoms with Gasteiger partial charge in [0.05, 0.1) is 16.8 Å². The van der Waals surface area contributed by atoms with Crippen molar-refractivity contribution in [2.75, 3.05) is 5.75 Å². The van der Waals surface area contributed by atoms with E-state index < -0.39 is 23.7 Å². The zero-order valence-corrected chi connectivity index (χ0v) is 13.1. The van der Waals surface area contributed by atoms with Crippen LogP contribution in [0.5, 0.6) is 0 Å². The third-order valence-electron chi connectivity index (χ3n) is 3.20. The number of nitrogens with one attached hydrogen (secondary N) is 1. The molecule has 0 atom stereocenters. The van der Waals surface area contributed by atoms with Crippen LogP contribution in [0.1, 0.15) is 5.56 Å². The highest BCUT2D eigenvalue weighted by Gasteiger charge is 2.31. The fourth-order valence-corrected chi connectivity index (χ4v) is 2.94. The Morgan fingerprint density at radius 1 is 1.04 bits per heavy atom. The zero-order chi connectivity index (χ0) is 18.2. The number of halogens is 6. The van der Waals surface area contributed by atoms with E-state index in [4.69, 9.17) is 0 Å². The number of pyridine rings is 1. The van der Waals surface area contributed by atoms with Crippen molar-refractivity contribution in [1.29, 1.82) is 0 Å². The van der Waals surface area contributed by atoms with Crippen LogP contribution in [0.2, 0.25) is 0 Å². The molecule has 1 N–H and O–H groups in total. The number of imidazole rings is 1. The highest BCUT2D eigenvalue weighted by Crippen LogP contribution is 2.35. The van der Waals surface area contributed by atoms with Gasteiger partial charge in [-0.2, -0.15) is 26.3 Å². The van der Waals surface area contributed by atoms with Gasteiger partial charge in [0, 0.05) is 16.7 Å². The molecular formula is C15H9F6N3S. The van der Waals surface area contributed by atoms with Gasteiger partial charge in [-0.3, -0.25) is 0 Å². The summed E-state index contributed by atoms with van der Waals surface area (Å²) in [6.45, 7) is 0. The molecule has 132 valence electrons. The third-order valence-corrected chi connectivity index (χ3v) is 4.34. The number of fused-ring (bicyclic) bond motifs is 1. The van der Waals surface area contributed by atoms with E-state index in [2.05, 4.69) is 15.0 Å². The van der Waals surface area contributed by atoms with E-state index in [1.807, 2.05) is 0 Å². The molecule has 25 heavy (non-hydrogen) atoms. The second kappa shape index (κ2) is 6.25.